The summed E-state index contributed by atoms with van der Waals surface area (Å²) in [5.41, 5.74) is 1.19. The van der Waals surface area contributed by atoms with Crippen LogP contribution in [0.5, 0.6) is 0 Å². The Morgan fingerprint density at radius 3 is 2.62 bits per heavy atom. The summed E-state index contributed by atoms with van der Waals surface area (Å²) in [6, 6.07) is 4.57. The summed E-state index contributed by atoms with van der Waals surface area (Å²) < 4.78 is 0. The molecule has 2 aromatic rings. The highest BCUT2D eigenvalue weighted by Gasteiger charge is 2.21. The van der Waals surface area contributed by atoms with E-state index in [-0.39, 0.29) is 0 Å². The zero-order valence-electron chi connectivity index (χ0n) is 13.4. The lowest BCUT2D eigenvalue weighted by Gasteiger charge is -2.29. The van der Waals surface area contributed by atoms with Crippen LogP contribution in [0.3, 0.4) is 0 Å². The Hall–Kier alpha value is -1.62. The SMILES string of the molecule is CCNc1ncnc(N(C)C(C)c2cccs2)c1C(C)C. The highest BCUT2D eigenvalue weighted by Crippen LogP contribution is 2.34. The third kappa shape index (κ3) is 3.35. The van der Waals surface area contributed by atoms with E-state index in [2.05, 4.69) is 72.4 Å². The van der Waals surface area contributed by atoms with Crippen LogP contribution in [-0.4, -0.2) is 23.6 Å². The van der Waals surface area contributed by atoms with Gasteiger partial charge >= 0.3 is 0 Å². The zero-order chi connectivity index (χ0) is 15.4. The van der Waals surface area contributed by atoms with Crippen molar-refractivity contribution in [3.8, 4) is 0 Å². The molecule has 0 amide bonds. The maximum Gasteiger partial charge on any atom is 0.137 e. The van der Waals surface area contributed by atoms with Gasteiger partial charge in [-0.05, 0) is 31.2 Å². The second-order valence-corrected chi connectivity index (χ2v) is 6.43. The molecule has 0 radical (unpaired) electrons. The van der Waals surface area contributed by atoms with E-state index >= 15 is 0 Å². The average molecular weight is 304 g/mol. The van der Waals surface area contributed by atoms with Crippen LogP contribution in [0.1, 0.15) is 50.1 Å². The van der Waals surface area contributed by atoms with Gasteiger partial charge in [0.2, 0.25) is 0 Å². The summed E-state index contributed by atoms with van der Waals surface area (Å²) in [4.78, 5) is 12.5. The number of anilines is 2. The normalized spacial score (nSPS) is 12.5. The molecule has 21 heavy (non-hydrogen) atoms. The van der Waals surface area contributed by atoms with E-state index in [1.54, 1.807) is 17.7 Å². The van der Waals surface area contributed by atoms with Crippen molar-refractivity contribution < 1.29 is 0 Å². The third-order valence-corrected chi connectivity index (χ3v) is 4.70. The number of nitrogens with zero attached hydrogens (tertiary/aromatic N) is 3. The van der Waals surface area contributed by atoms with Crippen LogP contribution >= 0.6 is 11.3 Å². The van der Waals surface area contributed by atoms with Gasteiger partial charge in [0, 0.05) is 24.0 Å². The lowest BCUT2D eigenvalue weighted by Crippen LogP contribution is -2.24. The molecule has 2 aromatic heterocycles. The highest BCUT2D eigenvalue weighted by molar-refractivity contribution is 7.10. The molecule has 114 valence electrons. The average Bonchev–Trinajstić information content (AvgIpc) is 2.99. The van der Waals surface area contributed by atoms with Gasteiger partial charge in [-0.1, -0.05) is 19.9 Å². The van der Waals surface area contributed by atoms with Crippen LogP contribution in [0.4, 0.5) is 11.6 Å². The van der Waals surface area contributed by atoms with E-state index in [4.69, 9.17) is 0 Å². The molecule has 4 nitrogen and oxygen atoms in total. The topological polar surface area (TPSA) is 41.1 Å². The van der Waals surface area contributed by atoms with Crippen LogP contribution in [-0.2, 0) is 0 Å². The molecule has 1 atom stereocenters. The van der Waals surface area contributed by atoms with E-state index in [0.29, 0.717) is 12.0 Å². The number of rotatable bonds is 6. The Morgan fingerprint density at radius 1 is 1.29 bits per heavy atom. The van der Waals surface area contributed by atoms with Crippen LogP contribution in [0.25, 0.3) is 0 Å². The molecule has 0 aliphatic rings. The minimum Gasteiger partial charge on any atom is -0.370 e. The Bertz CT molecular complexity index is 566. The lowest BCUT2D eigenvalue weighted by atomic mass is 10.0. The van der Waals surface area contributed by atoms with E-state index in [9.17, 15) is 0 Å². The minimum atomic E-state index is 0.298. The molecule has 2 heterocycles. The molecule has 1 N–H and O–H groups in total. The van der Waals surface area contributed by atoms with E-state index in [1.807, 2.05) is 0 Å². The number of hydrogen-bond donors (Lipinski definition) is 1. The van der Waals surface area contributed by atoms with Crippen LogP contribution < -0.4 is 10.2 Å². The van der Waals surface area contributed by atoms with Crippen LogP contribution in [0, 0.1) is 0 Å². The smallest absolute Gasteiger partial charge is 0.137 e. The summed E-state index contributed by atoms with van der Waals surface area (Å²) in [5.74, 6) is 2.33. The highest BCUT2D eigenvalue weighted by atomic mass is 32.1. The van der Waals surface area contributed by atoms with Crippen molar-refractivity contribution in [3.05, 3.63) is 34.3 Å². The van der Waals surface area contributed by atoms with Crippen molar-refractivity contribution in [2.75, 3.05) is 23.8 Å². The first kappa shape index (κ1) is 15.8. The number of hydrogen-bond acceptors (Lipinski definition) is 5. The third-order valence-electron chi connectivity index (χ3n) is 3.65. The predicted molar refractivity (Wildman–Crippen MR) is 91.4 cm³/mol. The molecule has 5 heteroatoms. The summed E-state index contributed by atoms with van der Waals surface area (Å²) in [5, 5.41) is 5.47. The molecule has 0 bridgehead atoms. The summed E-state index contributed by atoms with van der Waals surface area (Å²) in [6.45, 7) is 9.54. The molecule has 0 aliphatic carbocycles. The van der Waals surface area contributed by atoms with Crippen LogP contribution in [0.2, 0.25) is 0 Å². The maximum absolute atomic E-state index is 4.55. The summed E-state index contributed by atoms with van der Waals surface area (Å²) >= 11 is 1.78. The Morgan fingerprint density at radius 2 is 2.05 bits per heavy atom. The van der Waals surface area contributed by atoms with Gasteiger partial charge in [-0.3, -0.25) is 0 Å². The van der Waals surface area contributed by atoms with Crippen molar-refractivity contribution in [3.63, 3.8) is 0 Å². The van der Waals surface area contributed by atoms with E-state index in [1.165, 1.54) is 10.4 Å². The number of nitrogens with one attached hydrogen (secondary N) is 1. The number of aromatic nitrogens is 2. The molecular weight excluding hydrogens is 280 g/mol. The number of thiophene rings is 1. The Kier molecular flexibility index (Phi) is 5.17. The van der Waals surface area contributed by atoms with Gasteiger partial charge in [-0.15, -0.1) is 11.3 Å². The van der Waals surface area contributed by atoms with Crippen molar-refractivity contribution >= 4 is 23.0 Å². The monoisotopic (exact) mass is 304 g/mol. The zero-order valence-corrected chi connectivity index (χ0v) is 14.2. The molecule has 0 aliphatic heterocycles. The van der Waals surface area contributed by atoms with Crippen LogP contribution in [0.15, 0.2) is 23.8 Å². The summed E-state index contributed by atoms with van der Waals surface area (Å²) in [7, 11) is 2.11. The summed E-state index contributed by atoms with van der Waals surface area (Å²) in [6.07, 6.45) is 1.65. The molecule has 1 unspecified atom stereocenters. The van der Waals surface area contributed by atoms with Gasteiger partial charge in [0.05, 0.1) is 6.04 Å². The second kappa shape index (κ2) is 6.89. The first-order chi connectivity index (χ1) is 10.1. The van der Waals surface area contributed by atoms with Gasteiger partial charge in [0.25, 0.3) is 0 Å². The largest absolute Gasteiger partial charge is 0.370 e. The van der Waals surface area contributed by atoms with Gasteiger partial charge < -0.3 is 10.2 Å². The van der Waals surface area contributed by atoms with E-state index in [0.717, 1.165) is 18.2 Å². The quantitative estimate of drug-likeness (QED) is 0.864. The van der Waals surface area contributed by atoms with Gasteiger partial charge in [-0.2, -0.15) is 0 Å². The fourth-order valence-electron chi connectivity index (χ4n) is 2.41. The molecule has 2 rings (SSSR count). The van der Waals surface area contributed by atoms with Gasteiger partial charge in [0.1, 0.15) is 18.0 Å². The maximum atomic E-state index is 4.55. The molecule has 0 aromatic carbocycles. The minimum absolute atomic E-state index is 0.298. The Labute approximate surface area is 131 Å². The lowest BCUT2D eigenvalue weighted by molar-refractivity contribution is 0.722. The fourth-order valence-corrected chi connectivity index (χ4v) is 3.24. The standard InChI is InChI=1S/C16H24N4S/c1-6-17-15-14(11(2)3)16(19-10-18-15)20(5)12(4)13-8-7-9-21-13/h7-12H,6H2,1-5H3,(H,17,18,19). The van der Waals surface area contributed by atoms with Crippen molar-refractivity contribution in [1.29, 1.82) is 0 Å². The predicted octanol–water partition coefficient (Wildman–Crippen LogP) is 4.29. The molecule has 0 fully saturated rings. The van der Waals surface area contributed by atoms with Crippen molar-refractivity contribution in [2.45, 2.75) is 39.7 Å². The van der Waals surface area contributed by atoms with Gasteiger partial charge in [-0.25, -0.2) is 9.97 Å². The van der Waals surface area contributed by atoms with E-state index < -0.39 is 0 Å². The molecular formula is C16H24N4S. The molecule has 0 spiro atoms. The van der Waals surface area contributed by atoms with Crippen molar-refractivity contribution in [1.82, 2.24) is 9.97 Å². The second-order valence-electron chi connectivity index (χ2n) is 5.45. The van der Waals surface area contributed by atoms with Crippen molar-refractivity contribution in [2.24, 2.45) is 0 Å². The molecule has 0 saturated carbocycles. The fraction of sp³-hybridized carbons (Fsp3) is 0.500. The first-order valence-corrected chi connectivity index (χ1v) is 8.29. The first-order valence-electron chi connectivity index (χ1n) is 7.41. The van der Waals surface area contributed by atoms with Gasteiger partial charge in [0.15, 0.2) is 0 Å². The molecule has 0 saturated heterocycles. The Balaban J connectivity index is 2.40.